The van der Waals surface area contributed by atoms with E-state index in [9.17, 15) is 0 Å². The topological polar surface area (TPSA) is 23.5 Å². The quantitative estimate of drug-likeness (QED) is 0.918. The van der Waals surface area contributed by atoms with Gasteiger partial charge in [0.1, 0.15) is 0 Å². The molecule has 100 valence electrons. The van der Waals surface area contributed by atoms with E-state index in [1.165, 1.54) is 5.56 Å². The molecule has 0 saturated carbocycles. The Hall–Kier alpha value is -1.51. The van der Waals surface area contributed by atoms with E-state index in [0.29, 0.717) is 0 Å². The largest absolute Gasteiger partial charge is 0.392 e. The van der Waals surface area contributed by atoms with Gasteiger partial charge in [-0.1, -0.05) is 35.9 Å². The second kappa shape index (κ2) is 6.09. The molecule has 0 aromatic heterocycles. The molecule has 2 rings (SSSR count). The third kappa shape index (κ3) is 3.49. The van der Waals surface area contributed by atoms with Crippen molar-refractivity contribution in [3.05, 3.63) is 64.2 Å². The zero-order valence-electron chi connectivity index (χ0n) is 11.2. The van der Waals surface area contributed by atoms with E-state index in [0.717, 1.165) is 28.4 Å². The third-order valence-corrected chi connectivity index (χ3v) is 3.40. The molecule has 0 spiro atoms. The maximum absolute atomic E-state index is 9.13. The molecule has 2 aromatic carbocycles. The van der Waals surface area contributed by atoms with Crippen molar-refractivity contribution in [2.45, 2.75) is 20.1 Å². The molecule has 19 heavy (non-hydrogen) atoms. The van der Waals surface area contributed by atoms with Crippen molar-refractivity contribution in [1.29, 1.82) is 0 Å². The van der Waals surface area contributed by atoms with E-state index in [1.54, 1.807) is 0 Å². The molecule has 0 atom stereocenters. The van der Waals surface area contributed by atoms with Crippen LogP contribution in [0.2, 0.25) is 5.02 Å². The van der Waals surface area contributed by atoms with Gasteiger partial charge in [-0.3, -0.25) is 0 Å². The van der Waals surface area contributed by atoms with Crippen LogP contribution in [0.1, 0.15) is 16.7 Å². The van der Waals surface area contributed by atoms with Gasteiger partial charge in [-0.25, -0.2) is 0 Å². The highest BCUT2D eigenvalue weighted by molar-refractivity contribution is 6.30. The first-order valence-electron chi connectivity index (χ1n) is 6.26. The molecule has 0 aliphatic heterocycles. The van der Waals surface area contributed by atoms with Crippen molar-refractivity contribution in [2.24, 2.45) is 0 Å². The Bertz CT molecular complexity index is 568. The highest BCUT2D eigenvalue weighted by Gasteiger charge is 2.06. The minimum atomic E-state index is 0.0825. The number of aryl methyl sites for hydroxylation is 1. The van der Waals surface area contributed by atoms with Crippen LogP contribution in [0, 0.1) is 6.92 Å². The Labute approximate surface area is 119 Å². The number of hydrogen-bond acceptors (Lipinski definition) is 2. The van der Waals surface area contributed by atoms with Crippen LogP contribution in [-0.2, 0) is 13.2 Å². The Kier molecular flexibility index (Phi) is 4.46. The van der Waals surface area contributed by atoms with E-state index in [2.05, 4.69) is 24.9 Å². The number of hydrogen-bond donors (Lipinski definition) is 1. The summed E-state index contributed by atoms with van der Waals surface area (Å²) < 4.78 is 0. The van der Waals surface area contributed by atoms with Crippen LogP contribution in [0.5, 0.6) is 0 Å². The van der Waals surface area contributed by atoms with Gasteiger partial charge in [0.2, 0.25) is 0 Å². The van der Waals surface area contributed by atoms with Gasteiger partial charge in [0, 0.05) is 24.3 Å². The fourth-order valence-electron chi connectivity index (χ4n) is 2.24. The molecule has 0 fully saturated rings. The number of aliphatic hydroxyl groups is 1. The summed E-state index contributed by atoms with van der Waals surface area (Å²) in [5, 5.41) is 9.89. The van der Waals surface area contributed by atoms with Crippen LogP contribution in [0.3, 0.4) is 0 Å². The number of anilines is 1. The van der Waals surface area contributed by atoms with E-state index < -0.39 is 0 Å². The maximum Gasteiger partial charge on any atom is 0.0681 e. The van der Waals surface area contributed by atoms with Gasteiger partial charge in [-0.15, -0.1) is 0 Å². The van der Waals surface area contributed by atoms with Gasteiger partial charge in [0.15, 0.2) is 0 Å². The summed E-state index contributed by atoms with van der Waals surface area (Å²) in [5.41, 5.74) is 4.45. The molecule has 0 unspecified atom stereocenters. The normalized spacial score (nSPS) is 10.5. The van der Waals surface area contributed by atoms with Crippen molar-refractivity contribution >= 4 is 17.3 Å². The Morgan fingerprint density at radius 1 is 1.11 bits per heavy atom. The summed E-state index contributed by atoms with van der Waals surface area (Å²) >= 11 is 6.00. The van der Waals surface area contributed by atoms with Gasteiger partial charge in [0.05, 0.1) is 6.61 Å². The molecular weight excluding hydrogens is 258 g/mol. The minimum Gasteiger partial charge on any atom is -0.392 e. The Balaban J connectivity index is 2.18. The van der Waals surface area contributed by atoms with E-state index in [1.807, 2.05) is 36.4 Å². The van der Waals surface area contributed by atoms with E-state index in [-0.39, 0.29) is 6.61 Å². The summed E-state index contributed by atoms with van der Waals surface area (Å²) in [5.74, 6) is 0. The molecule has 2 nitrogen and oxygen atoms in total. The first-order chi connectivity index (χ1) is 9.10. The maximum atomic E-state index is 9.13. The van der Waals surface area contributed by atoms with Crippen LogP contribution < -0.4 is 4.90 Å². The lowest BCUT2D eigenvalue weighted by molar-refractivity contribution is 0.282. The first kappa shape index (κ1) is 13.9. The molecule has 2 aromatic rings. The molecule has 0 bridgehead atoms. The highest BCUT2D eigenvalue weighted by Crippen LogP contribution is 2.22. The lowest BCUT2D eigenvalue weighted by Crippen LogP contribution is -2.17. The smallest absolute Gasteiger partial charge is 0.0681 e. The van der Waals surface area contributed by atoms with Crippen molar-refractivity contribution < 1.29 is 5.11 Å². The number of aliphatic hydroxyl groups excluding tert-OH is 1. The van der Waals surface area contributed by atoms with Gasteiger partial charge in [0.25, 0.3) is 0 Å². The molecule has 0 aliphatic carbocycles. The van der Waals surface area contributed by atoms with Crippen LogP contribution in [-0.4, -0.2) is 12.2 Å². The predicted molar refractivity (Wildman–Crippen MR) is 80.7 cm³/mol. The fourth-order valence-corrected chi connectivity index (χ4v) is 2.45. The van der Waals surface area contributed by atoms with Crippen molar-refractivity contribution in [3.63, 3.8) is 0 Å². The van der Waals surface area contributed by atoms with Crippen LogP contribution in [0.25, 0.3) is 0 Å². The third-order valence-electron chi connectivity index (χ3n) is 3.16. The second-order valence-corrected chi connectivity index (χ2v) is 5.20. The lowest BCUT2D eigenvalue weighted by atomic mass is 10.1. The molecule has 0 amide bonds. The minimum absolute atomic E-state index is 0.0825. The van der Waals surface area contributed by atoms with Crippen LogP contribution in [0.4, 0.5) is 5.69 Å². The fraction of sp³-hybridized carbons (Fsp3) is 0.250. The number of halogens is 1. The Morgan fingerprint density at radius 2 is 1.89 bits per heavy atom. The first-order valence-corrected chi connectivity index (χ1v) is 6.64. The summed E-state index contributed by atoms with van der Waals surface area (Å²) in [4.78, 5) is 2.18. The van der Waals surface area contributed by atoms with E-state index >= 15 is 0 Å². The monoisotopic (exact) mass is 275 g/mol. The summed E-state index contributed by atoms with van der Waals surface area (Å²) in [6.45, 7) is 2.95. The zero-order valence-corrected chi connectivity index (χ0v) is 12.0. The number of rotatable bonds is 4. The molecule has 1 N–H and O–H groups in total. The van der Waals surface area contributed by atoms with Crippen molar-refractivity contribution in [2.75, 3.05) is 11.9 Å². The standard InChI is InChI=1S/C16H18ClNO/c1-12-8-14(11-19)6-7-16(12)18(2)10-13-4-3-5-15(17)9-13/h3-9,19H,10-11H2,1-2H3. The number of nitrogens with zero attached hydrogens (tertiary/aromatic N) is 1. The van der Waals surface area contributed by atoms with Gasteiger partial charge in [-0.2, -0.15) is 0 Å². The summed E-state index contributed by atoms with van der Waals surface area (Å²) in [6.07, 6.45) is 0. The highest BCUT2D eigenvalue weighted by atomic mass is 35.5. The SMILES string of the molecule is Cc1cc(CO)ccc1N(C)Cc1cccc(Cl)c1. The molecule has 3 heteroatoms. The summed E-state index contributed by atoms with van der Waals surface area (Å²) in [6, 6.07) is 13.9. The second-order valence-electron chi connectivity index (χ2n) is 4.76. The molecule has 0 radical (unpaired) electrons. The number of benzene rings is 2. The molecule has 0 heterocycles. The predicted octanol–water partition coefficient (Wildman–Crippen LogP) is 3.78. The van der Waals surface area contributed by atoms with Gasteiger partial charge >= 0.3 is 0 Å². The average Bonchev–Trinajstić information content (AvgIpc) is 2.38. The Morgan fingerprint density at radius 3 is 2.53 bits per heavy atom. The van der Waals surface area contributed by atoms with E-state index in [4.69, 9.17) is 16.7 Å². The lowest BCUT2D eigenvalue weighted by Gasteiger charge is -2.22. The van der Waals surface area contributed by atoms with Crippen LogP contribution in [0.15, 0.2) is 42.5 Å². The van der Waals surface area contributed by atoms with Crippen molar-refractivity contribution in [3.8, 4) is 0 Å². The van der Waals surface area contributed by atoms with Crippen molar-refractivity contribution in [1.82, 2.24) is 0 Å². The van der Waals surface area contributed by atoms with Gasteiger partial charge < -0.3 is 10.0 Å². The average molecular weight is 276 g/mol. The van der Waals surface area contributed by atoms with Gasteiger partial charge in [-0.05, 0) is 41.8 Å². The van der Waals surface area contributed by atoms with Crippen LogP contribution >= 0.6 is 11.6 Å². The molecule has 0 saturated heterocycles. The summed E-state index contributed by atoms with van der Waals surface area (Å²) in [7, 11) is 2.06. The molecule has 0 aliphatic rings. The zero-order chi connectivity index (χ0) is 13.8. The molecular formula is C16H18ClNO.